The molecule has 95 heavy (non-hydrogen) atoms. The van der Waals surface area contributed by atoms with Gasteiger partial charge in [-0.2, -0.15) is 0 Å². The van der Waals surface area contributed by atoms with Gasteiger partial charge in [0.15, 0.2) is 5.96 Å². The van der Waals surface area contributed by atoms with Crippen LogP contribution in [0.25, 0.3) is 10.9 Å². The van der Waals surface area contributed by atoms with Crippen LogP contribution in [0.1, 0.15) is 74.6 Å². The maximum absolute atomic E-state index is 14.5. The number of nitrogens with zero attached hydrogens (tertiary/aromatic N) is 1. The van der Waals surface area contributed by atoms with Gasteiger partial charge in [0.2, 0.25) is 70.9 Å². The maximum atomic E-state index is 14.5. The number of phenolic OH excluding ortho intramolecular Hbond substituents is 1. The number of aliphatic hydroxyl groups is 1. The Labute approximate surface area is 547 Å². The number of hydrogen-bond donors (Lipinski definition) is 18. The molecule has 0 radical (unpaired) electrons. The standard InChI is InChI=1S/C64H85N17O14/c1-35(2)25-46(59(91)74-44(19-12-24-71-64(69)70-3)58(90)75-45(56(68)88)27-36-13-6-4-7-14-36)73-54(86)32-55(87)80-53(28-37-15-8-5-9-16-37)81-63(95)50(34-82)79-62(94)49(31-52(67)85)78-60(92)47(29-39-33-72-43-18-11-10-17-41(39)43)77-61(93)48(30-51(66)84)76-57(89)42(65)26-38-20-22-40(83)23-21-38/h4-11,13-18,20-23,33,35,42,44-50,53,72,82-83H,12,19,24-32,34,65H2,1-3H3,(H2,66,84)(H2,67,85)(H2,68,88)(H,73,86)(H,74,91)(H,75,90)(H,76,89)(H,77,93)(H,78,92)(H,79,94)(H,80,87)(H,81,95)(H3,69,70,71)/t42-,44+,45+,46+,47+,48+,49+,50+,53+/m1/s1. The molecule has 4 aromatic carbocycles. The van der Waals surface area contributed by atoms with Crippen molar-refractivity contribution >= 4 is 87.7 Å². The summed E-state index contributed by atoms with van der Waals surface area (Å²) in [6, 6.07) is 17.8. The Morgan fingerprint density at radius 2 is 0.989 bits per heavy atom. The summed E-state index contributed by atoms with van der Waals surface area (Å²) in [6.07, 6.45) is -2.50. The molecule has 0 aliphatic heterocycles. The van der Waals surface area contributed by atoms with E-state index < -0.39 is 151 Å². The Bertz CT molecular complexity index is 3500. The van der Waals surface area contributed by atoms with Crippen LogP contribution in [-0.2, 0) is 83.2 Å². The van der Waals surface area contributed by atoms with E-state index in [4.69, 9.17) is 28.7 Å². The van der Waals surface area contributed by atoms with Crippen molar-refractivity contribution in [1.82, 2.24) is 58.2 Å². The molecule has 0 aliphatic rings. The number of aromatic amines is 1. The van der Waals surface area contributed by atoms with Crippen LogP contribution in [0, 0.1) is 5.92 Å². The highest BCUT2D eigenvalue weighted by Gasteiger charge is 2.36. The summed E-state index contributed by atoms with van der Waals surface area (Å²) in [5, 5.41) is 46.2. The SMILES string of the molecule is CN=C(N)NCCC[C@H](NC(=O)[C@H](CC(C)C)NC(=O)CC(=O)N[C@H](Cc1ccccc1)NC(=O)[C@H](CO)NC(=O)[C@H](CC(N)=O)NC(=O)[C@H](Cc1c[nH]c2ccccc12)NC(=O)[C@H](CC(N)=O)NC(=O)[C@H](N)Cc1ccc(O)cc1)C(=O)N[C@@H](Cc1ccccc1)C(N)=O. The highest BCUT2D eigenvalue weighted by atomic mass is 16.3. The van der Waals surface area contributed by atoms with Crippen LogP contribution in [0.3, 0.4) is 0 Å². The van der Waals surface area contributed by atoms with Gasteiger partial charge in [-0.05, 0) is 72.1 Å². The molecule has 0 fully saturated rings. The fraction of sp³-hybridized carbons (Fsp3) is 0.391. The number of guanidine groups is 1. The predicted molar refractivity (Wildman–Crippen MR) is 348 cm³/mol. The summed E-state index contributed by atoms with van der Waals surface area (Å²) >= 11 is 0. The molecule has 12 amide bonds. The molecule has 510 valence electrons. The molecule has 0 unspecified atom stereocenters. The fourth-order valence-electron chi connectivity index (χ4n) is 9.91. The highest BCUT2D eigenvalue weighted by Crippen LogP contribution is 2.20. The Balaban J connectivity index is 1.30. The summed E-state index contributed by atoms with van der Waals surface area (Å²) < 4.78 is 0. The molecule has 0 saturated carbocycles. The van der Waals surface area contributed by atoms with Crippen LogP contribution >= 0.6 is 0 Å². The number of aliphatic hydroxyl groups excluding tert-OH is 1. The lowest BCUT2D eigenvalue weighted by Crippen LogP contribution is -2.61. The van der Waals surface area contributed by atoms with E-state index in [1.807, 2.05) is 0 Å². The molecular weight excluding hydrogens is 1230 g/mol. The number of aromatic hydroxyl groups is 1. The topological polar surface area (TPSA) is 524 Å². The van der Waals surface area contributed by atoms with E-state index in [1.54, 1.807) is 105 Å². The molecule has 0 spiro atoms. The molecule has 1 aromatic heterocycles. The number of carbonyl (C=O) groups excluding carboxylic acids is 12. The van der Waals surface area contributed by atoms with Crippen LogP contribution < -0.4 is 81.8 Å². The van der Waals surface area contributed by atoms with E-state index >= 15 is 0 Å². The van der Waals surface area contributed by atoms with E-state index in [-0.39, 0.29) is 69.1 Å². The number of aromatic nitrogens is 1. The predicted octanol–water partition coefficient (Wildman–Crippen LogP) is -3.60. The first-order valence-corrected chi connectivity index (χ1v) is 30.5. The summed E-state index contributed by atoms with van der Waals surface area (Å²) in [5.41, 5.74) is 31.6. The van der Waals surface area contributed by atoms with Gasteiger partial charge in [0.05, 0.1) is 25.5 Å². The number of aliphatic imine (C=N–C) groups is 1. The van der Waals surface area contributed by atoms with Gasteiger partial charge in [-0.25, -0.2) is 0 Å². The normalized spacial score (nSPS) is 14.1. The van der Waals surface area contributed by atoms with E-state index in [0.29, 0.717) is 33.2 Å². The van der Waals surface area contributed by atoms with Gasteiger partial charge in [0.1, 0.15) is 60.6 Å². The number of nitrogens with two attached hydrogens (primary N) is 5. The molecule has 5 aromatic rings. The first kappa shape index (κ1) is 74.8. The van der Waals surface area contributed by atoms with E-state index in [1.165, 1.54) is 31.3 Å². The monoisotopic (exact) mass is 1320 g/mol. The van der Waals surface area contributed by atoms with Crippen LogP contribution in [0.4, 0.5) is 0 Å². The van der Waals surface area contributed by atoms with Crippen molar-refractivity contribution in [2.45, 2.75) is 133 Å². The lowest BCUT2D eigenvalue weighted by molar-refractivity contribution is -0.136. The zero-order chi connectivity index (χ0) is 69.7. The molecule has 23 N–H and O–H groups in total. The van der Waals surface area contributed by atoms with Crippen molar-refractivity contribution in [3.63, 3.8) is 0 Å². The molecule has 1 heterocycles. The average molecular weight is 1320 g/mol. The second kappa shape index (κ2) is 37.5. The van der Waals surface area contributed by atoms with Crippen LogP contribution in [-0.4, -0.2) is 167 Å². The molecule has 31 heteroatoms. The Hall–Kier alpha value is -11.0. The Kier molecular flexibility index (Phi) is 29.5. The molecule has 0 saturated heterocycles. The van der Waals surface area contributed by atoms with Gasteiger partial charge >= 0.3 is 0 Å². The van der Waals surface area contributed by atoms with Gasteiger partial charge in [-0.15, -0.1) is 0 Å². The molecule has 9 atom stereocenters. The number of benzene rings is 4. The van der Waals surface area contributed by atoms with E-state index in [9.17, 15) is 67.7 Å². The Morgan fingerprint density at radius 1 is 0.505 bits per heavy atom. The van der Waals surface area contributed by atoms with Gasteiger partial charge in [0.25, 0.3) is 0 Å². The van der Waals surface area contributed by atoms with Crippen molar-refractivity contribution in [3.05, 3.63) is 138 Å². The van der Waals surface area contributed by atoms with Gasteiger partial charge in [0, 0.05) is 50.0 Å². The first-order chi connectivity index (χ1) is 45.2. The zero-order valence-corrected chi connectivity index (χ0v) is 52.9. The lowest BCUT2D eigenvalue weighted by Gasteiger charge is -2.27. The number of H-pyrrole nitrogens is 1. The second-order valence-corrected chi connectivity index (χ2v) is 22.9. The average Bonchev–Trinajstić information content (AvgIpc) is 1.75. The summed E-state index contributed by atoms with van der Waals surface area (Å²) in [6.45, 7) is 2.68. The number of primary amides is 3. The minimum atomic E-state index is -1.89. The highest BCUT2D eigenvalue weighted by molar-refractivity contribution is 6.01. The number of nitrogens with one attached hydrogen (secondary N) is 11. The van der Waals surface area contributed by atoms with Crippen molar-refractivity contribution < 1.29 is 67.7 Å². The van der Waals surface area contributed by atoms with Crippen molar-refractivity contribution in [1.29, 1.82) is 0 Å². The molecular formula is C64H85N17O14. The third-order valence-corrected chi connectivity index (χ3v) is 14.8. The largest absolute Gasteiger partial charge is 0.508 e. The number of amides is 12. The summed E-state index contributed by atoms with van der Waals surface area (Å²) in [4.78, 5) is 170. The molecule has 5 rings (SSSR count). The third-order valence-electron chi connectivity index (χ3n) is 14.8. The van der Waals surface area contributed by atoms with Crippen LogP contribution in [0.2, 0.25) is 0 Å². The first-order valence-electron chi connectivity index (χ1n) is 30.5. The number of fused-ring (bicyclic) bond motifs is 1. The van der Waals surface area contributed by atoms with Gasteiger partial charge in [-0.3, -0.25) is 62.5 Å². The molecule has 31 nitrogen and oxygen atoms in total. The van der Waals surface area contributed by atoms with Gasteiger partial charge < -0.3 is 97.0 Å². The second-order valence-electron chi connectivity index (χ2n) is 22.9. The fourth-order valence-corrected chi connectivity index (χ4v) is 9.91. The van der Waals surface area contributed by atoms with Crippen molar-refractivity contribution in [2.75, 3.05) is 20.2 Å². The zero-order valence-electron chi connectivity index (χ0n) is 52.9. The molecule has 0 bridgehead atoms. The summed E-state index contributed by atoms with van der Waals surface area (Å²) in [7, 11) is 1.47. The van der Waals surface area contributed by atoms with Crippen molar-refractivity contribution in [2.24, 2.45) is 39.6 Å². The smallest absolute Gasteiger partial charge is 0.246 e. The third kappa shape index (κ3) is 25.6. The number of para-hydroxylation sites is 1. The number of phenols is 1. The Morgan fingerprint density at radius 3 is 1.57 bits per heavy atom. The van der Waals surface area contributed by atoms with Crippen molar-refractivity contribution in [3.8, 4) is 5.75 Å². The van der Waals surface area contributed by atoms with Crippen LogP contribution in [0.5, 0.6) is 5.75 Å². The summed E-state index contributed by atoms with van der Waals surface area (Å²) in [5.74, 6) is -12.0. The van der Waals surface area contributed by atoms with E-state index in [0.717, 1.165) is 0 Å². The minimum absolute atomic E-state index is 0.0208. The number of rotatable bonds is 38. The van der Waals surface area contributed by atoms with E-state index in [2.05, 4.69) is 63.1 Å². The lowest BCUT2D eigenvalue weighted by atomic mass is 10.0. The number of hydrogen-bond acceptors (Lipinski definition) is 16. The minimum Gasteiger partial charge on any atom is -0.508 e. The maximum Gasteiger partial charge on any atom is 0.246 e. The quantitative estimate of drug-likeness (QED) is 0.00597. The number of carbonyl (C=O) groups is 12. The molecule has 0 aliphatic carbocycles. The van der Waals surface area contributed by atoms with Gasteiger partial charge in [-0.1, -0.05) is 105 Å². The van der Waals surface area contributed by atoms with Crippen LogP contribution in [0.15, 0.2) is 120 Å².